The summed E-state index contributed by atoms with van der Waals surface area (Å²) in [6, 6.07) is 12.6. The Morgan fingerprint density at radius 2 is 1.94 bits per heavy atom. The number of carbonyl (C=O) groups is 2. The second kappa shape index (κ2) is 10.9. The van der Waals surface area contributed by atoms with Gasteiger partial charge in [0.25, 0.3) is 5.91 Å². The van der Waals surface area contributed by atoms with E-state index in [9.17, 15) is 14.7 Å². The summed E-state index contributed by atoms with van der Waals surface area (Å²) in [4.78, 5) is 34.4. The molecule has 4 rings (SSSR count). The molecule has 1 fully saturated rings. The molecule has 1 aliphatic heterocycles. The van der Waals surface area contributed by atoms with Crippen molar-refractivity contribution < 1.29 is 14.7 Å². The molecule has 180 valence electrons. The summed E-state index contributed by atoms with van der Waals surface area (Å²) in [5.41, 5.74) is 2.54. The predicted molar refractivity (Wildman–Crippen MR) is 137 cm³/mol. The molecule has 1 saturated heterocycles. The van der Waals surface area contributed by atoms with E-state index in [2.05, 4.69) is 10.2 Å². The Morgan fingerprint density at radius 1 is 1.18 bits per heavy atom. The molecular formula is C26H32N4O3S. The third-order valence-corrected chi connectivity index (χ3v) is 7.47. The van der Waals surface area contributed by atoms with Crippen molar-refractivity contribution in [3.05, 3.63) is 53.6 Å². The molecule has 1 atom stereocenters. The van der Waals surface area contributed by atoms with E-state index in [0.717, 1.165) is 53.4 Å². The first kappa shape index (κ1) is 24.0. The molecule has 0 saturated carbocycles. The maximum atomic E-state index is 12.8. The van der Waals surface area contributed by atoms with Gasteiger partial charge in [-0.25, -0.2) is 4.98 Å². The molecular weight excluding hydrogens is 448 g/mol. The van der Waals surface area contributed by atoms with Crippen LogP contribution in [0, 0.1) is 5.92 Å². The van der Waals surface area contributed by atoms with E-state index in [4.69, 9.17) is 4.98 Å². The van der Waals surface area contributed by atoms with Crippen LogP contribution in [-0.2, 0) is 11.2 Å². The lowest BCUT2D eigenvalue weighted by molar-refractivity contribution is -0.135. The topological polar surface area (TPSA) is 85.8 Å². The van der Waals surface area contributed by atoms with Crippen LogP contribution < -0.4 is 10.2 Å². The van der Waals surface area contributed by atoms with E-state index in [1.807, 2.05) is 49.1 Å². The number of fused-ring (bicyclic) bond motifs is 1. The van der Waals surface area contributed by atoms with Crippen LogP contribution in [0.15, 0.2) is 42.5 Å². The lowest BCUT2D eigenvalue weighted by Crippen LogP contribution is -2.44. The van der Waals surface area contributed by atoms with Gasteiger partial charge in [0.05, 0.1) is 16.1 Å². The van der Waals surface area contributed by atoms with Crippen molar-refractivity contribution in [3.8, 4) is 5.75 Å². The summed E-state index contributed by atoms with van der Waals surface area (Å²) in [5, 5.41) is 13.3. The van der Waals surface area contributed by atoms with E-state index in [-0.39, 0.29) is 23.5 Å². The zero-order chi connectivity index (χ0) is 24.1. The minimum Gasteiger partial charge on any atom is -0.508 e. The van der Waals surface area contributed by atoms with Crippen LogP contribution in [0.3, 0.4) is 0 Å². The van der Waals surface area contributed by atoms with E-state index in [1.54, 1.807) is 23.5 Å². The quantitative estimate of drug-likeness (QED) is 0.508. The molecule has 7 nitrogen and oxygen atoms in total. The number of thiazole rings is 1. The summed E-state index contributed by atoms with van der Waals surface area (Å²) >= 11 is 1.58. The fraction of sp³-hybridized carbons (Fsp3) is 0.423. The Balaban J connectivity index is 1.39. The Hall–Kier alpha value is -3.13. The third-order valence-electron chi connectivity index (χ3n) is 6.39. The first-order valence-corrected chi connectivity index (χ1v) is 12.8. The second-order valence-corrected chi connectivity index (χ2v) is 9.66. The van der Waals surface area contributed by atoms with Crippen molar-refractivity contribution in [2.75, 3.05) is 37.6 Å². The average Bonchev–Trinajstić information content (AvgIpc) is 3.29. The summed E-state index contributed by atoms with van der Waals surface area (Å²) in [5.74, 6) is 0.372. The average molecular weight is 481 g/mol. The molecule has 0 spiro atoms. The molecule has 2 N–H and O–H groups in total. The Labute approximate surface area is 204 Å². The SMILES string of the molecule is CCN(CC)C(=O)C1CCCN(c2nc3ccc(C(=O)NCCc4ccc(O)cc4)cc3s2)C1. The smallest absolute Gasteiger partial charge is 0.251 e. The Bertz CT molecular complexity index is 1140. The fourth-order valence-corrected chi connectivity index (χ4v) is 5.46. The van der Waals surface area contributed by atoms with Crippen LogP contribution in [-0.4, -0.2) is 59.5 Å². The number of amides is 2. The molecule has 1 unspecified atom stereocenters. The summed E-state index contributed by atoms with van der Waals surface area (Å²) < 4.78 is 0.971. The number of rotatable bonds is 8. The molecule has 2 aromatic carbocycles. The number of nitrogens with zero attached hydrogens (tertiary/aromatic N) is 3. The zero-order valence-electron chi connectivity index (χ0n) is 19.8. The predicted octanol–water partition coefficient (Wildman–Crippen LogP) is 4.06. The summed E-state index contributed by atoms with van der Waals surface area (Å²) in [7, 11) is 0. The van der Waals surface area contributed by atoms with Gasteiger partial charge < -0.3 is 20.2 Å². The van der Waals surface area contributed by atoms with Crippen LogP contribution in [0.5, 0.6) is 5.75 Å². The van der Waals surface area contributed by atoms with Gasteiger partial charge in [-0.05, 0) is 69.0 Å². The highest BCUT2D eigenvalue weighted by Crippen LogP contribution is 2.32. The van der Waals surface area contributed by atoms with Crippen molar-refractivity contribution in [1.82, 2.24) is 15.2 Å². The van der Waals surface area contributed by atoms with Gasteiger partial charge in [0.2, 0.25) is 5.91 Å². The van der Waals surface area contributed by atoms with Crippen LogP contribution in [0.2, 0.25) is 0 Å². The first-order valence-electron chi connectivity index (χ1n) is 12.0. The molecule has 1 aromatic heterocycles. The lowest BCUT2D eigenvalue weighted by Gasteiger charge is -2.34. The van der Waals surface area contributed by atoms with Crippen molar-refractivity contribution in [2.45, 2.75) is 33.1 Å². The standard InChI is InChI=1S/C26H32N4O3S/c1-3-29(4-2)25(33)20-6-5-15-30(17-20)26-28-22-12-9-19(16-23(22)34-26)24(32)27-14-13-18-7-10-21(31)11-8-18/h7-12,16,20,31H,3-6,13-15,17H2,1-2H3,(H,27,32). The van der Waals surface area contributed by atoms with Gasteiger partial charge in [-0.2, -0.15) is 0 Å². The van der Waals surface area contributed by atoms with Crippen LogP contribution in [0.4, 0.5) is 5.13 Å². The van der Waals surface area contributed by atoms with Crippen LogP contribution in [0.25, 0.3) is 10.2 Å². The monoisotopic (exact) mass is 480 g/mol. The highest BCUT2D eigenvalue weighted by atomic mass is 32.1. The highest BCUT2D eigenvalue weighted by molar-refractivity contribution is 7.22. The van der Waals surface area contributed by atoms with E-state index in [0.29, 0.717) is 25.1 Å². The number of carbonyl (C=O) groups excluding carboxylic acids is 2. The molecule has 2 heterocycles. The zero-order valence-corrected chi connectivity index (χ0v) is 20.6. The van der Waals surface area contributed by atoms with Crippen LogP contribution >= 0.6 is 11.3 Å². The normalized spacial score (nSPS) is 15.9. The van der Waals surface area contributed by atoms with Gasteiger partial charge in [-0.3, -0.25) is 9.59 Å². The number of aromatic nitrogens is 1. The molecule has 1 aliphatic rings. The summed E-state index contributed by atoms with van der Waals surface area (Å²) in [6.07, 6.45) is 2.59. The van der Waals surface area contributed by atoms with Gasteiger partial charge in [-0.15, -0.1) is 0 Å². The van der Waals surface area contributed by atoms with Crippen molar-refractivity contribution in [1.29, 1.82) is 0 Å². The van der Waals surface area contributed by atoms with Gasteiger partial charge in [0, 0.05) is 38.3 Å². The number of aromatic hydroxyl groups is 1. The third kappa shape index (κ3) is 5.50. The van der Waals surface area contributed by atoms with Gasteiger partial charge in [0.15, 0.2) is 5.13 Å². The second-order valence-electron chi connectivity index (χ2n) is 8.65. The molecule has 3 aromatic rings. The molecule has 0 aliphatic carbocycles. The van der Waals surface area contributed by atoms with Crippen molar-refractivity contribution >= 4 is 38.5 Å². The Morgan fingerprint density at radius 3 is 2.68 bits per heavy atom. The summed E-state index contributed by atoms with van der Waals surface area (Å²) in [6.45, 7) is 7.64. The van der Waals surface area contributed by atoms with E-state index in [1.165, 1.54) is 0 Å². The largest absolute Gasteiger partial charge is 0.508 e. The number of piperidine rings is 1. The number of phenolic OH excluding ortho intramolecular Hbond substituents is 1. The molecule has 8 heteroatoms. The van der Waals surface area contributed by atoms with Gasteiger partial charge >= 0.3 is 0 Å². The van der Waals surface area contributed by atoms with E-state index < -0.39 is 0 Å². The van der Waals surface area contributed by atoms with Gasteiger partial charge in [-0.1, -0.05) is 23.5 Å². The number of phenols is 1. The highest BCUT2D eigenvalue weighted by Gasteiger charge is 2.29. The molecule has 34 heavy (non-hydrogen) atoms. The lowest BCUT2D eigenvalue weighted by atomic mass is 9.97. The maximum absolute atomic E-state index is 12.8. The molecule has 2 amide bonds. The van der Waals surface area contributed by atoms with Crippen molar-refractivity contribution in [3.63, 3.8) is 0 Å². The molecule has 0 radical (unpaired) electrons. The van der Waals surface area contributed by atoms with Crippen molar-refractivity contribution in [2.24, 2.45) is 5.92 Å². The number of hydrogen-bond donors (Lipinski definition) is 2. The fourth-order valence-electron chi connectivity index (χ4n) is 4.42. The minimum absolute atomic E-state index is 0.00980. The van der Waals surface area contributed by atoms with Crippen LogP contribution in [0.1, 0.15) is 42.6 Å². The maximum Gasteiger partial charge on any atom is 0.251 e. The van der Waals surface area contributed by atoms with Gasteiger partial charge in [0.1, 0.15) is 5.75 Å². The van der Waals surface area contributed by atoms with E-state index >= 15 is 0 Å². The minimum atomic E-state index is -0.113. The number of nitrogens with one attached hydrogen (secondary N) is 1. The Kier molecular flexibility index (Phi) is 7.67. The number of benzene rings is 2. The number of hydrogen-bond acceptors (Lipinski definition) is 6. The number of anilines is 1. The molecule has 0 bridgehead atoms. The first-order chi connectivity index (χ1) is 16.5.